The number of hydrogen-bond acceptors (Lipinski definition) is 5. The minimum atomic E-state index is -0.142. The molecule has 3 N–H and O–H groups in total. The Morgan fingerprint density at radius 2 is 2.35 bits per heavy atom. The molecule has 2 heterocycles. The van der Waals surface area contributed by atoms with Crippen LogP contribution in [0.4, 0.5) is 0 Å². The fourth-order valence-corrected chi connectivity index (χ4v) is 3.25. The molecule has 2 rings (SSSR count). The van der Waals surface area contributed by atoms with Crippen LogP contribution in [-0.4, -0.2) is 16.0 Å². The smallest absolute Gasteiger partial charge is 0.251 e. The Morgan fingerprint density at radius 1 is 1.53 bits per heavy atom. The summed E-state index contributed by atoms with van der Waals surface area (Å²) in [6.45, 7) is 1.95. The van der Waals surface area contributed by atoms with Gasteiger partial charge < -0.3 is 10.7 Å². The van der Waals surface area contributed by atoms with E-state index in [0.717, 1.165) is 0 Å². The van der Waals surface area contributed by atoms with Gasteiger partial charge in [0.05, 0.1) is 5.25 Å². The molecule has 6 heteroatoms. The highest BCUT2D eigenvalue weighted by molar-refractivity contribution is 7.99. The molecule has 2 unspecified atom stereocenters. The van der Waals surface area contributed by atoms with E-state index in [1.54, 1.807) is 11.3 Å². The number of H-pyrrole nitrogens is 1. The summed E-state index contributed by atoms with van der Waals surface area (Å²) in [6, 6.07) is 3.43. The van der Waals surface area contributed by atoms with Crippen molar-refractivity contribution in [1.29, 1.82) is 0 Å². The Kier molecular flexibility index (Phi) is 3.98. The van der Waals surface area contributed by atoms with E-state index < -0.39 is 0 Å². The van der Waals surface area contributed by atoms with Gasteiger partial charge in [-0.2, -0.15) is 11.3 Å². The van der Waals surface area contributed by atoms with Crippen molar-refractivity contribution in [2.75, 3.05) is 0 Å². The highest BCUT2D eigenvalue weighted by atomic mass is 32.2. The van der Waals surface area contributed by atoms with Crippen LogP contribution in [0.1, 0.15) is 17.7 Å². The predicted octanol–water partition coefficient (Wildman–Crippen LogP) is 2.01. The molecule has 0 amide bonds. The van der Waals surface area contributed by atoms with Crippen molar-refractivity contribution in [3.63, 3.8) is 0 Å². The minimum Gasteiger partial charge on any atom is -0.327 e. The van der Waals surface area contributed by atoms with Gasteiger partial charge in [0, 0.05) is 18.3 Å². The molecule has 90 valence electrons. The number of thiophene rings is 1. The van der Waals surface area contributed by atoms with Crippen LogP contribution in [0.3, 0.4) is 0 Å². The van der Waals surface area contributed by atoms with Crippen LogP contribution in [0.2, 0.25) is 0 Å². The first-order chi connectivity index (χ1) is 8.16. The van der Waals surface area contributed by atoms with E-state index in [4.69, 9.17) is 5.73 Å². The predicted molar refractivity (Wildman–Crippen MR) is 71.4 cm³/mol. The maximum Gasteiger partial charge on any atom is 0.251 e. The number of nitrogens with one attached hydrogen (secondary N) is 1. The van der Waals surface area contributed by atoms with Gasteiger partial charge in [-0.15, -0.1) is 0 Å². The Labute approximate surface area is 107 Å². The van der Waals surface area contributed by atoms with E-state index in [1.807, 2.05) is 18.4 Å². The Bertz CT molecular complexity index is 522. The zero-order valence-corrected chi connectivity index (χ0v) is 10.9. The number of hydrogen-bond donors (Lipinski definition) is 2. The number of nitrogens with two attached hydrogens (primary N) is 1. The Balaban J connectivity index is 2.22. The van der Waals surface area contributed by atoms with Crippen molar-refractivity contribution in [2.45, 2.75) is 23.4 Å². The van der Waals surface area contributed by atoms with Gasteiger partial charge in [0.25, 0.3) is 5.56 Å². The fourth-order valence-electron chi connectivity index (χ4n) is 1.45. The third kappa shape index (κ3) is 3.18. The first kappa shape index (κ1) is 12.3. The van der Waals surface area contributed by atoms with E-state index in [-0.39, 0.29) is 16.9 Å². The van der Waals surface area contributed by atoms with Gasteiger partial charge in [-0.1, -0.05) is 11.8 Å². The first-order valence-corrected chi connectivity index (χ1v) is 6.99. The molecule has 17 heavy (non-hydrogen) atoms. The van der Waals surface area contributed by atoms with Gasteiger partial charge in [0.1, 0.15) is 0 Å². The summed E-state index contributed by atoms with van der Waals surface area (Å²) in [5, 5.41) is 4.80. The molecule has 2 aromatic heterocycles. The lowest BCUT2D eigenvalue weighted by atomic mass is 10.1. The second-order valence-electron chi connectivity index (χ2n) is 3.69. The van der Waals surface area contributed by atoms with Gasteiger partial charge >= 0.3 is 0 Å². The summed E-state index contributed by atoms with van der Waals surface area (Å²) in [4.78, 5) is 18.0. The first-order valence-electron chi connectivity index (χ1n) is 5.16. The molecule has 0 aliphatic rings. The van der Waals surface area contributed by atoms with Gasteiger partial charge in [0.15, 0.2) is 5.16 Å². The van der Waals surface area contributed by atoms with Gasteiger partial charge in [-0.05, 0) is 29.3 Å². The van der Waals surface area contributed by atoms with Crippen LogP contribution in [0.15, 0.2) is 39.0 Å². The average Bonchev–Trinajstić information content (AvgIpc) is 2.78. The van der Waals surface area contributed by atoms with E-state index >= 15 is 0 Å². The van der Waals surface area contributed by atoms with Crippen molar-refractivity contribution < 1.29 is 0 Å². The van der Waals surface area contributed by atoms with Crippen LogP contribution in [-0.2, 0) is 0 Å². The lowest BCUT2D eigenvalue weighted by Gasteiger charge is -2.18. The van der Waals surface area contributed by atoms with Crippen LogP contribution in [0, 0.1) is 0 Å². The molecular formula is C11H13N3OS2. The summed E-state index contributed by atoms with van der Waals surface area (Å²) >= 11 is 3.12. The van der Waals surface area contributed by atoms with Gasteiger partial charge in [-0.3, -0.25) is 4.79 Å². The van der Waals surface area contributed by atoms with E-state index in [2.05, 4.69) is 15.3 Å². The number of aromatic nitrogens is 2. The Hall–Kier alpha value is -1.11. The highest BCUT2D eigenvalue weighted by Crippen LogP contribution is 2.35. The van der Waals surface area contributed by atoms with Crippen molar-refractivity contribution in [2.24, 2.45) is 5.73 Å². The van der Waals surface area contributed by atoms with Gasteiger partial charge in [0.2, 0.25) is 0 Å². The van der Waals surface area contributed by atoms with E-state index in [0.29, 0.717) is 5.16 Å². The quantitative estimate of drug-likeness (QED) is 0.656. The van der Waals surface area contributed by atoms with Crippen molar-refractivity contribution in [1.82, 2.24) is 9.97 Å². The van der Waals surface area contributed by atoms with E-state index in [9.17, 15) is 4.79 Å². The number of aromatic amines is 1. The average molecular weight is 267 g/mol. The lowest BCUT2D eigenvalue weighted by molar-refractivity contribution is 0.719. The van der Waals surface area contributed by atoms with Crippen molar-refractivity contribution >= 4 is 23.1 Å². The number of thioether (sulfide) groups is 1. The lowest BCUT2D eigenvalue weighted by Crippen LogP contribution is -2.22. The standard InChI is InChI=1S/C11H13N3OS2/c1-7(12)10(8-3-5-16-6-8)17-11-13-4-2-9(15)14-11/h2-7,10H,12H2,1H3,(H,13,14,15). The van der Waals surface area contributed by atoms with Crippen molar-refractivity contribution in [3.8, 4) is 0 Å². The molecule has 0 saturated carbocycles. The van der Waals surface area contributed by atoms with Crippen LogP contribution >= 0.6 is 23.1 Å². The highest BCUT2D eigenvalue weighted by Gasteiger charge is 2.19. The number of rotatable bonds is 4. The minimum absolute atomic E-state index is 0.0138. The SMILES string of the molecule is CC(N)C(Sc1nccc(=O)[nH]1)c1ccsc1. The third-order valence-electron chi connectivity index (χ3n) is 2.24. The van der Waals surface area contributed by atoms with Crippen LogP contribution in [0.5, 0.6) is 0 Å². The van der Waals surface area contributed by atoms with Gasteiger partial charge in [-0.25, -0.2) is 4.98 Å². The molecule has 0 radical (unpaired) electrons. The molecule has 4 nitrogen and oxygen atoms in total. The largest absolute Gasteiger partial charge is 0.327 e. The fraction of sp³-hybridized carbons (Fsp3) is 0.273. The summed E-state index contributed by atoms with van der Waals surface area (Å²) in [5.74, 6) is 0. The molecule has 0 aliphatic heterocycles. The topological polar surface area (TPSA) is 71.8 Å². The normalized spacial score (nSPS) is 14.5. The summed E-state index contributed by atoms with van der Waals surface area (Å²) in [6.07, 6.45) is 1.51. The van der Waals surface area contributed by atoms with Crippen LogP contribution < -0.4 is 11.3 Å². The summed E-state index contributed by atoms with van der Waals surface area (Å²) in [7, 11) is 0. The molecule has 0 spiro atoms. The molecule has 0 fully saturated rings. The molecular weight excluding hydrogens is 254 g/mol. The summed E-state index contributed by atoms with van der Waals surface area (Å²) < 4.78 is 0. The van der Waals surface area contributed by atoms with E-state index in [1.165, 1.54) is 29.6 Å². The molecule has 0 bridgehead atoms. The monoisotopic (exact) mass is 267 g/mol. The second kappa shape index (κ2) is 5.48. The molecule has 2 aromatic rings. The zero-order valence-electron chi connectivity index (χ0n) is 9.29. The van der Waals surface area contributed by atoms with Crippen molar-refractivity contribution in [3.05, 3.63) is 45.0 Å². The Morgan fingerprint density at radius 3 is 2.94 bits per heavy atom. The number of nitrogens with zero attached hydrogens (tertiary/aromatic N) is 1. The molecule has 2 atom stereocenters. The van der Waals surface area contributed by atoms with Crippen LogP contribution in [0.25, 0.3) is 0 Å². The molecule has 0 saturated heterocycles. The maximum atomic E-state index is 11.2. The molecule has 0 aromatic carbocycles. The maximum absolute atomic E-state index is 11.2. The third-order valence-corrected chi connectivity index (χ3v) is 4.32. The zero-order chi connectivity index (χ0) is 12.3. The second-order valence-corrected chi connectivity index (χ2v) is 5.60. The summed E-state index contributed by atoms with van der Waals surface area (Å²) in [5.41, 5.74) is 7.00. The molecule has 0 aliphatic carbocycles.